The number of hydrogen-bond donors (Lipinski definition) is 3. The summed E-state index contributed by atoms with van der Waals surface area (Å²) in [4.78, 5) is 46.2. The third kappa shape index (κ3) is 3.26. The number of benzene rings is 1. The second kappa shape index (κ2) is 6.76. The van der Waals surface area contributed by atoms with E-state index in [1.807, 2.05) is 0 Å². The van der Waals surface area contributed by atoms with Gasteiger partial charge in [0.2, 0.25) is 0 Å². The summed E-state index contributed by atoms with van der Waals surface area (Å²) in [6.07, 6.45) is 0.884. The van der Waals surface area contributed by atoms with Crippen LogP contribution in [0, 0.1) is 10.1 Å². The lowest BCUT2D eigenvalue weighted by Gasteiger charge is -2.14. The molecule has 0 atom stereocenters. The number of carbonyl (C=O) groups excluding carboxylic acids is 2. The average Bonchev–Trinajstić information content (AvgIpc) is 2.76. The first-order chi connectivity index (χ1) is 11.3. The van der Waals surface area contributed by atoms with E-state index < -0.39 is 46.3 Å². The van der Waals surface area contributed by atoms with Crippen LogP contribution in [-0.4, -0.2) is 51.0 Å². The molecule has 0 spiro atoms. The van der Waals surface area contributed by atoms with Crippen molar-refractivity contribution >= 4 is 45.1 Å². The maximum Gasteiger partial charge on any atom is 0.338 e. The zero-order chi connectivity index (χ0) is 18.0. The summed E-state index contributed by atoms with van der Waals surface area (Å²) >= 11 is 2.98. The molecule has 0 bridgehead atoms. The quantitative estimate of drug-likeness (QED) is 0.359. The van der Waals surface area contributed by atoms with Gasteiger partial charge in [-0.1, -0.05) is 15.9 Å². The molecular weight excluding hydrogens is 390 g/mol. The minimum atomic E-state index is -1.45. The predicted octanol–water partition coefficient (Wildman–Crippen LogP) is 0.712. The number of hydrogen-bond acceptors (Lipinski definition) is 7. The number of anilines is 1. The molecule has 126 valence electrons. The molecule has 0 radical (unpaired) electrons. The van der Waals surface area contributed by atoms with Crippen molar-refractivity contribution in [3.63, 3.8) is 0 Å². The van der Waals surface area contributed by atoms with Gasteiger partial charge in [0.25, 0.3) is 17.5 Å². The number of halogens is 1. The number of carboxylic acid groups (broad SMARTS) is 1. The van der Waals surface area contributed by atoms with Crippen LogP contribution in [0.3, 0.4) is 0 Å². The van der Waals surface area contributed by atoms with Crippen LogP contribution < -0.4 is 5.32 Å². The van der Waals surface area contributed by atoms with E-state index in [1.165, 1.54) is 0 Å². The summed E-state index contributed by atoms with van der Waals surface area (Å²) in [6, 6.07) is 2.20. The van der Waals surface area contributed by atoms with Crippen molar-refractivity contribution in [1.29, 1.82) is 0 Å². The van der Waals surface area contributed by atoms with Crippen LogP contribution >= 0.6 is 15.9 Å². The number of β-amino-alcohol motifs (C(OH)–C–C–N with tert-alkyl or cyclic N) is 1. The second-order valence-corrected chi connectivity index (χ2v) is 5.53. The fourth-order valence-electron chi connectivity index (χ4n) is 2.08. The van der Waals surface area contributed by atoms with Crippen LogP contribution in [0.4, 0.5) is 11.4 Å². The molecule has 0 unspecified atom stereocenters. The predicted molar refractivity (Wildman–Crippen MR) is 83.3 cm³/mol. The Morgan fingerprint density at radius 3 is 2.58 bits per heavy atom. The number of aromatic carboxylic acids is 1. The number of imide groups is 1. The molecule has 24 heavy (non-hydrogen) atoms. The van der Waals surface area contributed by atoms with Gasteiger partial charge in [-0.25, -0.2) is 4.79 Å². The van der Waals surface area contributed by atoms with Crippen molar-refractivity contribution in [3.8, 4) is 0 Å². The summed E-state index contributed by atoms with van der Waals surface area (Å²) in [6.45, 7) is -0.690. The number of amides is 2. The van der Waals surface area contributed by atoms with Crippen molar-refractivity contribution in [2.24, 2.45) is 0 Å². The molecule has 0 aliphatic carbocycles. The number of carboxylic acids is 1. The van der Waals surface area contributed by atoms with E-state index in [4.69, 9.17) is 5.11 Å². The van der Waals surface area contributed by atoms with Gasteiger partial charge in [-0.3, -0.25) is 24.6 Å². The van der Waals surface area contributed by atoms with Crippen molar-refractivity contribution in [2.45, 2.75) is 0 Å². The number of nitro benzene ring substituents is 1. The highest BCUT2D eigenvalue weighted by atomic mass is 79.9. The van der Waals surface area contributed by atoms with Crippen LogP contribution in [-0.2, 0) is 9.59 Å². The van der Waals surface area contributed by atoms with Gasteiger partial charge in [0.15, 0.2) is 0 Å². The fourth-order valence-corrected chi connectivity index (χ4v) is 2.53. The average molecular weight is 400 g/mol. The van der Waals surface area contributed by atoms with Gasteiger partial charge >= 0.3 is 5.97 Å². The van der Waals surface area contributed by atoms with Crippen LogP contribution in [0.5, 0.6) is 0 Å². The lowest BCUT2D eigenvalue weighted by molar-refractivity contribution is -0.384. The number of aliphatic hydroxyl groups excluding tert-OH is 1. The van der Waals surface area contributed by atoms with Gasteiger partial charge in [-0.05, 0) is 6.07 Å². The van der Waals surface area contributed by atoms with E-state index in [1.54, 1.807) is 0 Å². The molecule has 0 saturated heterocycles. The van der Waals surface area contributed by atoms with Gasteiger partial charge in [-0.15, -0.1) is 0 Å². The number of nitrogens with one attached hydrogen (secondary N) is 1. The van der Waals surface area contributed by atoms with E-state index in [9.17, 15) is 29.6 Å². The van der Waals surface area contributed by atoms with Crippen LogP contribution in [0.1, 0.15) is 10.4 Å². The number of aliphatic hydroxyl groups is 1. The molecule has 0 fully saturated rings. The first kappa shape index (κ1) is 17.6. The Labute approximate surface area is 142 Å². The minimum absolute atomic E-state index is 0.168. The summed E-state index contributed by atoms with van der Waals surface area (Å²) in [7, 11) is 0. The largest absolute Gasteiger partial charge is 0.478 e. The molecule has 2 rings (SSSR count). The lowest BCUT2D eigenvalue weighted by atomic mass is 10.1. The normalized spacial score (nSPS) is 13.9. The Hall–Kier alpha value is -2.79. The molecule has 1 aromatic carbocycles. The SMILES string of the molecule is O=C(O)c1cc(Br)cc([N+](=O)[O-])c1NC1=CC(=O)N(CCO)C1=O. The topological polar surface area (TPSA) is 150 Å². The summed E-state index contributed by atoms with van der Waals surface area (Å²) in [5, 5.41) is 31.6. The zero-order valence-corrected chi connectivity index (χ0v) is 13.4. The molecule has 11 heteroatoms. The van der Waals surface area contributed by atoms with Crippen molar-refractivity contribution < 1.29 is 29.5 Å². The molecule has 1 aliphatic heterocycles. The van der Waals surface area contributed by atoms with E-state index in [0.717, 1.165) is 23.1 Å². The summed E-state index contributed by atoms with van der Waals surface area (Å²) in [5.41, 5.74) is -1.77. The maximum absolute atomic E-state index is 12.1. The molecule has 1 aromatic rings. The molecular formula is C13H10BrN3O7. The second-order valence-electron chi connectivity index (χ2n) is 4.61. The molecule has 3 N–H and O–H groups in total. The molecule has 0 aromatic heterocycles. The minimum Gasteiger partial charge on any atom is -0.478 e. The van der Waals surface area contributed by atoms with Crippen molar-refractivity contribution in [2.75, 3.05) is 18.5 Å². The Bertz CT molecular complexity index is 755. The van der Waals surface area contributed by atoms with Crippen LogP contribution in [0.25, 0.3) is 0 Å². The number of nitrogens with zero attached hydrogens (tertiary/aromatic N) is 2. The van der Waals surface area contributed by atoms with Gasteiger partial charge in [0, 0.05) is 16.6 Å². The summed E-state index contributed by atoms with van der Waals surface area (Å²) < 4.78 is 0.168. The standard InChI is InChI=1S/C13H10BrN3O7/c14-6-3-7(13(21)22)11(9(4-6)17(23)24)15-8-5-10(19)16(1-2-18)12(8)20/h3-5,15,18H,1-2H2,(H,21,22). The molecule has 2 amide bonds. The third-order valence-corrected chi connectivity index (χ3v) is 3.56. The molecule has 1 aliphatic rings. The smallest absolute Gasteiger partial charge is 0.338 e. The Kier molecular flexibility index (Phi) is 4.95. The molecule has 10 nitrogen and oxygen atoms in total. The first-order valence-electron chi connectivity index (χ1n) is 6.43. The van der Waals surface area contributed by atoms with Crippen LogP contribution in [0.15, 0.2) is 28.4 Å². The fraction of sp³-hybridized carbons (Fsp3) is 0.154. The van der Waals surface area contributed by atoms with Crippen molar-refractivity contribution in [3.05, 3.63) is 44.1 Å². The van der Waals surface area contributed by atoms with Gasteiger partial charge in [-0.2, -0.15) is 0 Å². The van der Waals surface area contributed by atoms with Gasteiger partial charge < -0.3 is 15.5 Å². The van der Waals surface area contributed by atoms with E-state index >= 15 is 0 Å². The molecule has 0 saturated carbocycles. The van der Waals surface area contributed by atoms with E-state index in [0.29, 0.717) is 0 Å². The van der Waals surface area contributed by atoms with Crippen LogP contribution in [0.2, 0.25) is 0 Å². The Balaban J connectivity index is 2.48. The third-order valence-electron chi connectivity index (χ3n) is 3.10. The van der Waals surface area contributed by atoms with Gasteiger partial charge in [0.1, 0.15) is 11.4 Å². The zero-order valence-electron chi connectivity index (χ0n) is 11.9. The van der Waals surface area contributed by atoms with E-state index in [-0.39, 0.29) is 16.7 Å². The summed E-state index contributed by atoms with van der Waals surface area (Å²) in [5.74, 6) is -2.98. The highest BCUT2D eigenvalue weighted by molar-refractivity contribution is 9.10. The lowest BCUT2D eigenvalue weighted by Crippen LogP contribution is -2.34. The number of rotatable bonds is 6. The number of carbonyl (C=O) groups is 3. The van der Waals surface area contributed by atoms with Gasteiger partial charge in [0.05, 0.1) is 23.6 Å². The Morgan fingerprint density at radius 2 is 2.04 bits per heavy atom. The van der Waals surface area contributed by atoms with Crippen molar-refractivity contribution in [1.82, 2.24) is 4.90 Å². The number of nitro groups is 1. The molecule has 1 heterocycles. The highest BCUT2D eigenvalue weighted by Crippen LogP contribution is 2.34. The monoisotopic (exact) mass is 399 g/mol. The Morgan fingerprint density at radius 1 is 1.38 bits per heavy atom. The highest BCUT2D eigenvalue weighted by Gasteiger charge is 2.33. The van der Waals surface area contributed by atoms with E-state index in [2.05, 4.69) is 21.2 Å². The first-order valence-corrected chi connectivity index (χ1v) is 7.22. The maximum atomic E-state index is 12.1.